The van der Waals surface area contributed by atoms with Gasteiger partial charge in [-0.3, -0.25) is 24.0 Å². The second kappa shape index (κ2) is 11.0. The largest absolute Gasteiger partial charge is 0.491 e. The molecule has 0 aromatic heterocycles. The van der Waals surface area contributed by atoms with Gasteiger partial charge in [-0.25, -0.2) is 0 Å². The number of hydrogen-bond donors (Lipinski definition) is 4. The van der Waals surface area contributed by atoms with Crippen molar-refractivity contribution in [1.29, 1.82) is 0 Å². The van der Waals surface area contributed by atoms with E-state index >= 15 is 0 Å². The Bertz CT molecular complexity index is 1080. The average molecular weight is 509 g/mol. The number of alkyl halides is 3. The van der Waals surface area contributed by atoms with Gasteiger partial charge in [-0.05, 0) is 41.8 Å². The lowest BCUT2D eigenvalue weighted by Gasteiger charge is -2.15. The Kier molecular flexibility index (Phi) is 8.85. The van der Waals surface area contributed by atoms with E-state index in [1.165, 1.54) is 12.1 Å². The molecule has 180 valence electrons. The second-order valence-electron chi connectivity index (χ2n) is 6.63. The Balaban J connectivity index is 0.000000696. The molecule has 0 saturated carbocycles. The number of aliphatic hydroxyl groups excluding tert-OH is 1. The van der Waals surface area contributed by atoms with Crippen molar-refractivity contribution in [3.63, 3.8) is 0 Å². The minimum atomic E-state index is -4.67. The van der Waals surface area contributed by atoms with Gasteiger partial charge in [-0.1, -0.05) is 36.0 Å². The van der Waals surface area contributed by atoms with Crippen molar-refractivity contribution in [2.75, 3.05) is 6.61 Å². The van der Waals surface area contributed by atoms with Crippen molar-refractivity contribution in [2.24, 2.45) is 0 Å². The first kappa shape index (κ1) is 26.6. The van der Waals surface area contributed by atoms with E-state index in [1.807, 2.05) is 0 Å². The highest BCUT2D eigenvalue weighted by Gasteiger charge is 2.32. The molecule has 9 nitrogen and oxygen atoms in total. The number of benzene rings is 2. The maximum atomic E-state index is 12.8. The van der Waals surface area contributed by atoms with Gasteiger partial charge < -0.3 is 9.84 Å². The molecular formula is C19H18F3NO8S2. The van der Waals surface area contributed by atoms with Crippen molar-refractivity contribution in [1.82, 2.24) is 5.32 Å². The molecule has 0 aliphatic carbocycles. The number of aliphatic hydroxyl groups is 1. The molecule has 0 bridgehead atoms. The second-order valence-corrected chi connectivity index (χ2v) is 8.70. The summed E-state index contributed by atoms with van der Waals surface area (Å²) in [7, 11) is -4.67. The minimum absolute atomic E-state index is 0.111. The highest BCUT2D eigenvalue weighted by molar-refractivity contribution is 8.15. The van der Waals surface area contributed by atoms with Crippen molar-refractivity contribution in [2.45, 2.75) is 24.0 Å². The minimum Gasteiger partial charge on any atom is -0.491 e. The van der Waals surface area contributed by atoms with Crippen molar-refractivity contribution in [3.8, 4) is 5.75 Å². The van der Waals surface area contributed by atoms with Gasteiger partial charge in [0.1, 0.15) is 18.5 Å². The molecule has 2 aromatic carbocycles. The molecule has 14 heteroatoms. The van der Waals surface area contributed by atoms with Crippen molar-refractivity contribution in [3.05, 3.63) is 65.2 Å². The molecule has 2 aromatic rings. The smallest absolute Gasteiger partial charge is 0.416 e. The van der Waals surface area contributed by atoms with Crippen LogP contribution in [0.2, 0.25) is 0 Å². The summed E-state index contributed by atoms with van der Waals surface area (Å²) in [5.41, 5.74) is 0.106. The molecule has 0 spiro atoms. The summed E-state index contributed by atoms with van der Waals surface area (Å²) < 4.78 is 75.3. The number of imide groups is 1. The van der Waals surface area contributed by atoms with Crippen LogP contribution in [-0.4, -0.2) is 45.6 Å². The lowest BCUT2D eigenvalue weighted by molar-refractivity contribution is -0.137. The number of nitrogens with one attached hydrogen (secondary N) is 1. The van der Waals surface area contributed by atoms with E-state index < -0.39 is 33.5 Å². The Labute approximate surface area is 190 Å². The van der Waals surface area contributed by atoms with E-state index in [0.29, 0.717) is 12.2 Å². The van der Waals surface area contributed by atoms with Gasteiger partial charge >= 0.3 is 16.6 Å². The number of carbonyl (C=O) groups is 2. The molecule has 2 amide bonds. The van der Waals surface area contributed by atoms with Crippen LogP contribution in [0.1, 0.15) is 22.8 Å². The summed E-state index contributed by atoms with van der Waals surface area (Å²) in [6, 6.07) is 11.2. The van der Waals surface area contributed by atoms with Crippen LogP contribution in [0.5, 0.6) is 5.75 Å². The summed E-state index contributed by atoms with van der Waals surface area (Å²) in [5.74, 6) is 0.105. The van der Waals surface area contributed by atoms with Gasteiger partial charge in [0.25, 0.3) is 5.24 Å². The number of carbonyl (C=O) groups excluding carboxylic acids is 2. The van der Waals surface area contributed by atoms with Crippen molar-refractivity contribution >= 4 is 33.3 Å². The van der Waals surface area contributed by atoms with Gasteiger partial charge in [0, 0.05) is 0 Å². The summed E-state index contributed by atoms with van der Waals surface area (Å²) in [6.45, 7) is -0.212. The first-order valence-electron chi connectivity index (χ1n) is 9.00. The SMILES string of the molecule is O=C1NC(=O)C(Cc2ccc(OC[C@@H](O)c3cccc(C(F)(F)F)c3)cc2)S1.O=S(=O)(O)O. The number of halogens is 3. The van der Waals surface area contributed by atoms with E-state index in [1.54, 1.807) is 24.3 Å². The topological polar surface area (TPSA) is 150 Å². The Morgan fingerprint density at radius 2 is 1.70 bits per heavy atom. The summed E-state index contributed by atoms with van der Waals surface area (Å²) >= 11 is 0.943. The van der Waals surface area contributed by atoms with Crippen LogP contribution < -0.4 is 10.1 Å². The van der Waals surface area contributed by atoms with Crippen molar-refractivity contribution < 1.29 is 50.1 Å². The number of amides is 2. The van der Waals surface area contributed by atoms with E-state index in [9.17, 15) is 27.9 Å². The molecular weight excluding hydrogens is 491 g/mol. The maximum absolute atomic E-state index is 12.8. The predicted octanol–water partition coefficient (Wildman–Crippen LogP) is 3.06. The Morgan fingerprint density at radius 1 is 1.09 bits per heavy atom. The van der Waals surface area contributed by atoms with Crippen LogP contribution in [-0.2, 0) is 27.8 Å². The summed E-state index contributed by atoms with van der Waals surface area (Å²) in [5, 5.41) is 11.5. The highest BCUT2D eigenvalue weighted by Crippen LogP contribution is 2.31. The molecule has 3 rings (SSSR count). The number of rotatable bonds is 6. The summed E-state index contributed by atoms with van der Waals surface area (Å²) in [6.07, 6.45) is -5.31. The number of hydrogen-bond acceptors (Lipinski definition) is 7. The molecule has 1 saturated heterocycles. The van der Waals surface area contributed by atoms with Gasteiger partial charge in [-0.15, -0.1) is 0 Å². The van der Waals surface area contributed by atoms with Crippen LogP contribution in [0.4, 0.5) is 18.0 Å². The normalized spacial score (nSPS) is 17.1. The molecule has 2 atom stereocenters. The maximum Gasteiger partial charge on any atom is 0.416 e. The number of thioether (sulfide) groups is 1. The standard InChI is InChI=1S/C19H16F3NO4S.H2O4S/c20-19(21,22)13-3-1-2-12(9-13)15(24)10-27-14-6-4-11(5-7-14)8-16-17(25)23-18(26)28-16;1-5(2,3)4/h1-7,9,15-16,24H,8,10H2,(H,23,25,26);(H2,1,2,3,4)/t15-,16?;/m1./s1. The fraction of sp³-hybridized carbons (Fsp3) is 0.263. The van der Waals surface area contributed by atoms with Crippen LogP contribution >= 0.6 is 11.8 Å². The van der Waals surface area contributed by atoms with Crippen LogP contribution in [0.25, 0.3) is 0 Å². The molecule has 1 aliphatic rings. The first-order valence-corrected chi connectivity index (χ1v) is 11.3. The Morgan fingerprint density at radius 3 is 2.21 bits per heavy atom. The third kappa shape index (κ3) is 9.39. The molecule has 0 radical (unpaired) electrons. The lowest BCUT2D eigenvalue weighted by atomic mass is 10.1. The zero-order valence-electron chi connectivity index (χ0n) is 16.5. The Hall–Kier alpha value is -2.65. The highest BCUT2D eigenvalue weighted by atomic mass is 32.3. The van der Waals surface area contributed by atoms with Gasteiger partial charge in [0.2, 0.25) is 5.91 Å². The quantitative estimate of drug-likeness (QED) is 0.431. The van der Waals surface area contributed by atoms with E-state index in [2.05, 4.69) is 5.32 Å². The fourth-order valence-corrected chi connectivity index (χ4v) is 3.52. The molecule has 1 unspecified atom stereocenters. The summed E-state index contributed by atoms with van der Waals surface area (Å²) in [4.78, 5) is 22.8. The molecule has 1 fully saturated rings. The fourth-order valence-electron chi connectivity index (χ4n) is 2.66. The third-order valence-corrected chi connectivity index (χ3v) is 5.10. The van der Waals surface area contributed by atoms with Crippen LogP contribution in [0, 0.1) is 0 Å². The van der Waals surface area contributed by atoms with E-state index in [0.717, 1.165) is 29.5 Å². The molecule has 33 heavy (non-hydrogen) atoms. The molecule has 1 heterocycles. The lowest BCUT2D eigenvalue weighted by Crippen LogP contribution is -2.25. The van der Waals surface area contributed by atoms with E-state index in [4.69, 9.17) is 22.3 Å². The third-order valence-electron chi connectivity index (χ3n) is 4.12. The van der Waals surface area contributed by atoms with E-state index in [-0.39, 0.29) is 23.3 Å². The predicted molar refractivity (Wildman–Crippen MR) is 111 cm³/mol. The van der Waals surface area contributed by atoms with Crippen LogP contribution in [0.3, 0.4) is 0 Å². The molecule has 1 aliphatic heterocycles. The molecule has 4 N–H and O–H groups in total. The zero-order valence-corrected chi connectivity index (χ0v) is 18.2. The van der Waals surface area contributed by atoms with Gasteiger partial charge in [0.15, 0.2) is 0 Å². The monoisotopic (exact) mass is 509 g/mol. The van der Waals surface area contributed by atoms with Crippen LogP contribution in [0.15, 0.2) is 48.5 Å². The average Bonchev–Trinajstić information content (AvgIpc) is 3.02. The first-order chi connectivity index (χ1) is 15.2. The zero-order chi connectivity index (χ0) is 24.8. The number of ether oxygens (including phenoxy) is 1. The van der Waals surface area contributed by atoms with Gasteiger partial charge in [0.05, 0.1) is 10.8 Å². The van der Waals surface area contributed by atoms with Gasteiger partial charge in [-0.2, -0.15) is 21.6 Å².